The Morgan fingerprint density at radius 1 is 1.11 bits per heavy atom. The van der Waals surface area contributed by atoms with Crippen molar-refractivity contribution in [3.05, 3.63) is 65.6 Å². The smallest absolute Gasteiger partial charge is 0.276 e. The summed E-state index contributed by atoms with van der Waals surface area (Å²) < 4.78 is 31.3. The Balaban J connectivity index is 1.49. The summed E-state index contributed by atoms with van der Waals surface area (Å²) in [7, 11) is 0. The molecule has 1 amide bonds. The first-order valence-electron chi connectivity index (χ1n) is 8.60. The van der Waals surface area contributed by atoms with E-state index in [0.717, 1.165) is 19.0 Å². The van der Waals surface area contributed by atoms with Crippen LogP contribution in [0.1, 0.15) is 34.9 Å². The predicted molar refractivity (Wildman–Crippen MR) is 91.8 cm³/mol. The van der Waals surface area contributed by atoms with Gasteiger partial charge < -0.3 is 9.42 Å². The van der Waals surface area contributed by atoms with Gasteiger partial charge in [-0.1, -0.05) is 5.16 Å². The van der Waals surface area contributed by atoms with E-state index in [2.05, 4.69) is 15.1 Å². The summed E-state index contributed by atoms with van der Waals surface area (Å²) in [5.74, 6) is -0.332. The van der Waals surface area contributed by atoms with Gasteiger partial charge in [-0.2, -0.15) is 4.98 Å². The first kappa shape index (κ1) is 17.3. The zero-order valence-corrected chi connectivity index (χ0v) is 14.3. The zero-order chi connectivity index (χ0) is 18.8. The Morgan fingerprint density at radius 3 is 2.63 bits per heavy atom. The van der Waals surface area contributed by atoms with E-state index in [-0.39, 0.29) is 23.5 Å². The lowest BCUT2D eigenvalue weighted by atomic mass is 9.96. The summed E-state index contributed by atoms with van der Waals surface area (Å²) >= 11 is 0. The molecule has 2 aromatic heterocycles. The first-order chi connectivity index (χ1) is 13.1. The van der Waals surface area contributed by atoms with Crippen molar-refractivity contribution in [1.29, 1.82) is 0 Å². The van der Waals surface area contributed by atoms with Gasteiger partial charge in [0.1, 0.15) is 17.3 Å². The van der Waals surface area contributed by atoms with Crippen molar-refractivity contribution in [1.82, 2.24) is 20.0 Å². The van der Waals surface area contributed by atoms with Crippen LogP contribution in [0.2, 0.25) is 0 Å². The Labute approximate surface area is 153 Å². The second kappa shape index (κ2) is 7.22. The molecule has 0 spiro atoms. The first-order valence-corrected chi connectivity index (χ1v) is 8.60. The number of likely N-dealkylation sites (tertiary alicyclic amines) is 1. The number of benzene rings is 1. The minimum atomic E-state index is -0.444. The molecule has 0 N–H and O–H groups in total. The molecule has 0 saturated carbocycles. The summed E-state index contributed by atoms with van der Waals surface area (Å²) in [5, 5.41) is 4.01. The Hall–Kier alpha value is -3.16. The summed E-state index contributed by atoms with van der Waals surface area (Å²) in [6, 6.07) is 8.25. The summed E-state index contributed by atoms with van der Waals surface area (Å²) in [6.45, 7) is 1.07. The molecule has 1 aliphatic heterocycles. The van der Waals surface area contributed by atoms with Gasteiger partial charge in [0.05, 0.1) is 6.20 Å². The molecule has 27 heavy (non-hydrogen) atoms. The third kappa shape index (κ3) is 3.69. The average molecular weight is 370 g/mol. The third-order valence-electron chi connectivity index (χ3n) is 4.55. The highest BCUT2D eigenvalue weighted by molar-refractivity contribution is 5.94. The second-order valence-electron chi connectivity index (χ2n) is 6.42. The largest absolute Gasteiger partial charge is 0.338 e. The molecule has 6 nitrogen and oxygen atoms in total. The van der Waals surface area contributed by atoms with E-state index < -0.39 is 5.82 Å². The number of nitrogens with zero attached hydrogens (tertiary/aromatic N) is 4. The summed E-state index contributed by atoms with van der Waals surface area (Å²) in [5.41, 5.74) is 0.839. The van der Waals surface area contributed by atoms with E-state index in [1.165, 1.54) is 36.4 Å². The number of hydrogen-bond donors (Lipinski definition) is 0. The van der Waals surface area contributed by atoms with Gasteiger partial charge in [-0.15, -0.1) is 0 Å². The number of rotatable bonds is 3. The number of piperidine rings is 1. The Morgan fingerprint density at radius 2 is 1.89 bits per heavy atom. The van der Waals surface area contributed by atoms with Crippen LogP contribution in [0.15, 0.2) is 47.1 Å². The van der Waals surface area contributed by atoms with Crippen molar-refractivity contribution in [3.8, 4) is 11.6 Å². The number of carbonyl (C=O) groups excluding carboxylic acids is 1. The minimum absolute atomic E-state index is 0.0684. The molecule has 0 aliphatic carbocycles. The highest BCUT2D eigenvalue weighted by Crippen LogP contribution is 2.27. The van der Waals surface area contributed by atoms with Crippen LogP contribution in [0, 0.1) is 11.6 Å². The van der Waals surface area contributed by atoms with Gasteiger partial charge in [-0.3, -0.25) is 4.79 Å². The quantitative estimate of drug-likeness (QED) is 0.706. The summed E-state index contributed by atoms with van der Waals surface area (Å²) in [4.78, 5) is 22.6. The fraction of sp³-hybridized carbons (Fsp3) is 0.263. The molecule has 1 fully saturated rings. The van der Waals surface area contributed by atoms with Crippen LogP contribution in [0.3, 0.4) is 0 Å². The molecular formula is C19H16F2N4O2. The zero-order valence-electron chi connectivity index (χ0n) is 14.3. The van der Waals surface area contributed by atoms with Gasteiger partial charge in [0.25, 0.3) is 11.8 Å². The fourth-order valence-electron chi connectivity index (χ4n) is 3.15. The van der Waals surface area contributed by atoms with Gasteiger partial charge in [-0.25, -0.2) is 13.8 Å². The molecule has 3 aromatic rings. The maximum Gasteiger partial charge on any atom is 0.276 e. The maximum absolute atomic E-state index is 13.1. The molecular weight excluding hydrogens is 354 g/mol. The van der Waals surface area contributed by atoms with Crippen molar-refractivity contribution in [3.63, 3.8) is 0 Å². The molecule has 3 heterocycles. The number of halogens is 2. The maximum atomic E-state index is 13.1. The van der Waals surface area contributed by atoms with Crippen LogP contribution in [0.25, 0.3) is 11.6 Å². The van der Waals surface area contributed by atoms with Crippen molar-refractivity contribution < 1.29 is 18.1 Å². The van der Waals surface area contributed by atoms with Crippen molar-refractivity contribution in [2.45, 2.75) is 18.8 Å². The fourth-order valence-corrected chi connectivity index (χ4v) is 3.15. The highest BCUT2D eigenvalue weighted by atomic mass is 19.1. The lowest BCUT2D eigenvalue weighted by Crippen LogP contribution is -2.39. The normalized spacial score (nSPS) is 17.1. The number of carbonyl (C=O) groups is 1. The number of hydrogen-bond acceptors (Lipinski definition) is 5. The van der Waals surface area contributed by atoms with Crippen LogP contribution < -0.4 is 0 Å². The molecule has 138 valence electrons. The second-order valence-corrected chi connectivity index (χ2v) is 6.42. The topological polar surface area (TPSA) is 72.1 Å². The molecule has 1 aliphatic rings. The molecule has 4 rings (SSSR count). The van der Waals surface area contributed by atoms with Gasteiger partial charge in [-0.05, 0) is 49.2 Å². The van der Waals surface area contributed by atoms with Crippen LogP contribution in [0.4, 0.5) is 8.78 Å². The lowest BCUT2D eigenvalue weighted by Gasteiger charge is -2.31. The van der Waals surface area contributed by atoms with E-state index >= 15 is 0 Å². The number of aromatic nitrogens is 3. The number of pyridine rings is 1. The van der Waals surface area contributed by atoms with E-state index in [4.69, 9.17) is 4.52 Å². The molecule has 1 saturated heterocycles. The molecule has 8 heteroatoms. The van der Waals surface area contributed by atoms with Gasteiger partial charge in [0, 0.05) is 24.6 Å². The third-order valence-corrected chi connectivity index (χ3v) is 4.55. The predicted octanol–water partition coefficient (Wildman–Crippen LogP) is 3.43. The standard InChI is InChI=1S/C19H16F2N4O2/c20-14-5-3-12(4-6-14)19(26)25-9-1-2-13(11-25)17-23-18(27-24-17)16-8-7-15(21)10-22-16/h3-8,10,13H,1-2,9,11H2. The van der Waals surface area contributed by atoms with Gasteiger partial charge >= 0.3 is 0 Å². The van der Waals surface area contributed by atoms with Crippen molar-refractivity contribution >= 4 is 5.91 Å². The van der Waals surface area contributed by atoms with Gasteiger partial charge in [0.2, 0.25) is 0 Å². The van der Waals surface area contributed by atoms with Crippen LogP contribution in [-0.2, 0) is 0 Å². The Kier molecular flexibility index (Phi) is 4.62. The van der Waals surface area contributed by atoms with E-state index in [1.807, 2.05) is 0 Å². The number of amides is 1. The van der Waals surface area contributed by atoms with E-state index in [1.54, 1.807) is 4.90 Å². The Bertz CT molecular complexity index is 941. The molecule has 0 bridgehead atoms. The van der Waals surface area contributed by atoms with Gasteiger partial charge in [0.15, 0.2) is 5.82 Å². The molecule has 1 aromatic carbocycles. The van der Waals surface area contributed by atoms with Crippen LogP contribution >= 0.6 is 0 Å². The highest BCUT2D eigenvalue weighted by Gasteiger charge is 2.29. The van der Waals surface area contributed by atoms with E-state index in [9.17, 15) is 13.6 Å². The minimum Gasteiger partial charge on any atom is -0.338 e. The van der Waals surface area contributed by atoms with Crippen LogP contribution in [-0.4, -0.2) is 39.0 Å². The SMILES string of the molecule is O=C(c1ccc(F)cc1)N1CCCC(c2noc(-c3ccc(F)cn3)n2)C1. The van der Waals surface area contributed by atoms with E-state index in [0.29, 0.717) is 30.2 Å². The van der Waals surface area contributed by atoms with Crippen molar-refractivity contribution in [2.75, 3.05) is 13.1 Å². The lowest BCUT2D eigenvalue weighted by molar-refractivity contribution is 0.0703. The molecule has 0 radical (unpaired) electrons. The van der Waals surface area contributed by atoms with Crippen molar-refractivity contribution in [2.24, 2.45) is 0 Å². The monoisotopic (exact) mass is 370 g/mol. The molecule has 1 unspecified atom stereocenters. The van der Waals surface area contributed by atoms with Crippen LogP contribution in [0.5, 0.6) is 0 Å². The summed E-state index contributed by atoms with van der Waals surface area (Å²) in [6.07, 6.45) is 2.71. The molecule has 1 atom stereocenters. The average Bonchev–Trinajstić information content (AvgIpc) is 3.19.